The fourth-order valence-corrected chi connectivity index (χ4v) is 2.40. The Kier molecular flexibility index (Phi) is 3.18. The second kappa shape index (κ2) is 4.59. The Morgan fingerprint density at radius 1 is 1.14 bits per heavy atom. The van der Waals surface area contributed by atoms with E-state index in [4.69, 9.17) is 0 Å². The quantitative estimate of drug-likeness (QED) is 0.660. The summed E-state index contributed by atoms with van der Waals surface area (Å²) < 4.78 is 0. The van der Waals surface area contributed by atoms with Crippen LogP contribution in [0.1, 0.15) is 49.4 Å². The Balaban J connectivity index is 2.33. The molecule has 1 aromatic rings. The molecule has 0 fully saturated rings. The maximum absolute atomic E-state index is 4.48. The van der Waals surface area contributed by atoms with Crippen LogP contribution in [0.15, 0.2) is 12.3 Å². The first kappa shape index (κ1) is 9.70. The highest BCUT2D eigenvalue weighted by molar-refractivity contribution is 5.30. The largest absolute Gasteiger partial charge is 0.261 e. The molecular weight excluding hydrogens is 170 g/mol. The smallest absolute Gasteiger partial charge is 0.0435 e. The van der Waals surface area contributed by atoms with Gasteiger partial charge in [0.25, 0.3) is 0 Å². The van der Waals surface area contributed by atoms with Gasteiger partial charge >= 0.3 is 0 Å². The summed E-state index contributed by atoms with van der Waals surface area (Å²) in [5.41, 5.74) is 4.47. The van der Waals surface area contributed by atoms with Gasteiger partial charge in [0.1, 0.15) is 0 Å². The molecule has 1 heterocycles. The monoisotopic (exact) mass is 189 g/mol. The van der Waals surface area contributed by atoms with Gasteiger partial charge in [-0.3, -0.25) is 4.98 Å². The minimum atomic E-state index is 1.09. The van der Waals surface area contributed by atoms with Gasteiger partial charge in [0, 0.05) is 11.9 Å². The summed E-state index contributed by atoms with van der Waals surface area (Å²) in [5.74, 6) is 0. The molecule has 1 aliphatic carbocycles. The molecule has 0 bridgehead atoms. The molecule has 1 nitrogen and oxygen atoms in total. The molecule has 0 saturated heterocycles. The van der Waals surface area contributed by atoms with Crippen molar-refractivity contribution in [3.63, 3.8) is 0 Å². The Morgan fingerprint density at radius 2 is 1.93 bits per heavy atom. The number of aromatic nitrogens is 1. The number of hydrogen-bond acceptors (Lipinski definition) is 1. The van der Waals surface area contributed by atoms with Crippen molar-refractivity contribution in [3.8, 4) is 0 Å². The fraction of sp³-hybridized carbons (Fsp3) is 0.615. The van der Waals surface area contributed by atoms with Crippen molar-refractivity contribution in [2.75, 3.05) is 0 Å². The number of hydrogen-bond donors (Lipinski definition) is 0. The topological polar surface area (TPSA) is 12.9 Å². The highest BCUT2D eigenvalue weighted by Crippen LogP contribution is 2.22. The fourth-order valence-electron chi connectivity index (χ4n) is 2.40. The molecule has 0 atom stereocenters. The lowest BCUT2D eigenvalue weighted by Gasteiger charge is -2.15. The van der Waals surface area contributed by atoms with Crippen molar-refractivity contribution in [2.24, 2.45) is 0 Å². The molecule has 0 N–H and O–H groups in total. The van der Waals surface area contributed by atoms with Crippen molar-refractivity contribution in [1.29, 1.82) is 0 Å². The number of aryl methyl sites for hydroxylation is 2. The van der Waals surface area contributed by atoms with Crippen molar-refractivity contribution < 1.29 is 0 Å². The van der Waals surface area contributed by atoms with E-state index in [-0.39, 0.29) is 0 Å². The van der Waals surface area contributed by atoms with E-state index in [2.05, 4.69) is 18.0 Å². The van der Waals surface area contributed by atoms with Gasteiger partial charge in [0.2, 0.25) is 0 Å². The van der Waals surface area contributed by atoms with Crippen molar-refractivity contribution in [2.45, 2.75) is 51.9 Å². The Morgan fingerprint density at radius 3 is 2.71 bits per heavy atom. The first-order valence-electron chi connectivity index (χ1n) is 5.87. The first-order chi connectivity index (χ1) is 6.92. The van der Waals surface area contributed by atoms with Gasteiger partial charge in [0.05, 0.1) is 0 Å². The minimum absolute atomic E-state index is 1.09. The average molecular weight is 189 g/mol. The summed E-state index contributed by atoms with van der Waals surface area (Å²) in [6.45, 7) is 2.21. The molecule has 0 aromatic carbocycles. The highest BCUT2D eigenvalue weighted by Gasteiger charge is 2.10. The zero-order valence-electron chi connectivity index (χ0n) is 9.05. The van der Waals surface area contributed by atoms with Crippen LogP contribution in [0.3, 0.4) is 0 Å². The van der Waals surface area contributed by atoms with Crippen LogP contribution in [0.4, 0.5) is 0 Å². The third kappa shape index (κ3) is 1.97. The molecule has 0 saturated carbocycles. The predicted molar refractivity (Wildman–Crippen MR) is 59.5 cm³/mol. The zero-order valence-corrected chi connectivity index (χ0v) is 9.05. The maximum Gasteiger partial charge on any atom is 0.0435 e. The summed E-state index contributed by atoms with van der Waals surface area (Å²) >= 11 is 0. The molecule has 0 spiro atoms. The van der Waals surface area contributed by atoms with Crippen LogP contribution in [0.2, 0.25) is 0 Å². The summed E-state index contributed by atoms with van der Waals surface area (Å²) in [5, 5.41) is 0. The van der Waals surface area contributed by atoms with Gasteiger partial charge in [-0.05, 0) is 49.3 Å². The van der Waals surface area contributed by atoms with E-state index < -0.39 is 0 Å². The van der Waals surface area contributed by atoms with Crippen LogP contribution in [0.25, 0.3) is 0 Å². The van der Waals surface area contributed by atoms with Gasteiger partial charge in [-0.15, -0.1) is 0 Å². The second-order valence-corrected chi connectivity index (χ2v) is 4.16. The van der Waals surface area contributed by atoms with Gasteiger partial charge in [-0.1, -0.05) is 19.8 Å². The molecule has 0 aliphatic heterocycles. The van der Waals surface area contributed by atoms with Gasteiger partial charge in [0.15, 0.2) is 0 Å². The van der Waals surface area contributed by atoms with Gasteiger partial charge < -0.3 is 0 Å². The highest BCUT2D eigenvalue weighted by atomic mass is 14.7. The lowest BCUT2D eigenvalue weighted by atomic mass is 9.92. The van der Waals surface area contributed by atoms with Crippen LogP contribution in [0, 0.1) is 0 Å². The van der Waals surface area contributed by atoms with Crippen LogP contribution < -0.4 is 0 Å². The van der Waals surface area contributed by atoms with E-state index in [0.717, 1.165) is 6.42 Å². The van der Waals surface area contributed by atoms with Gasteiger partial charge in [-0.2, -0.15) is 0 Å². The van der Waals surface area contributed by atoms with Crippen LogP contribution in [0.5, 0.6) is 0 Å². The van der Waals surface area contributed by atoms with E-state index in [9.17, 15) is 0 Å². The van der Waals surface area contributed by atoms with Crippen molar-refractivity contribution in [3.05, 3.63) is 29.1 Å². The lowest BCUT2D eigenvalue weighted by Crippen LogP contribution is -2.05. The SMILES string of the molecule is CCc1nccc2c1CCCCCC2. The third-order valence-electron chi connectivity index (χ3n) is 3.20. The van der Waals surface area contributed by atoms with Gasteiger partial charge in [-0.25, -0.2) is 0 Å². The predicted octanol–water partition coefficient (Wildman–Crippen LogP) is 3.30. The molecule has 76 valence electrons. The van der Waals surface area contributed by atoms with E-state index in [1.54, 1.807) is 11.1 Å². The van der Waals surface area contributed by atoms with E-state index in [1.807, 2.05) is 6.20 Å². The molecule has 0 unspecified atom stereocenters. The molecule has 14 heavy (non-hydrogen) atoms. The second-order valence-electron chi connectivity index (χ2n) is 4.16. The summed E-state index contributed by atoms with van der Waals surface area (Å²) in [4.78, 5) is 4.48. The Hall–Kier alpha value is -0.850. The van der Waals surface area contributed by atoms with E-state index in [0.29, 0.717) is 0 Å². The standard InChI is InChI=1S/C13H19N/c1-2-13-12-8-6-4-3-5-7-11(12)9-10-14-13/h9-10H,2-8H2,1H3. The molecule has 0 radical (unpaired) electrons. The van der Waals surface area contributed by atoms with E-state index in [1.165, 1.54) is 44.2 Å². The van der Waals surface area contributed by atoms with E-state index >= 15 is 0 Å². The summed E-state index contributed by atoms with van der Waals surface area (Å²) in [6, 6.07) is 2.22. The van der Waals surface area contributed by atoms with Crippen LogP contribution >= 0.6 is 0 Å². The average Bonchev–Trinajstić information content (AvgIpc) is 2.18. The maximum atomic E-state index is 4.48. The molecular formula is C13H19N. The van der Waals surface area contributed by atoms with Crippen molar-refractivity contribution in [1.82, 2.24) is 4.98 Å². The molecule has 2 rings (SSSR count). The number of rotatable bonds is 1. The lowest BCUT2D eigenvalue weighted by molar-refractivity contribution is 0.612. The minimum Gasteiger partial charge on any atom is -0.261 e. The molecule has 1 heteroatoms. The Labute approximate surface area is 86.6 Å². The number of pyridine rings is 1. The summed E-state index contributed by atoms with van der Waals surface area (Å²) in [7, 11) is 0. The Bertz CT molecular complexity index is 304. The van der Waals surface area contributed by atoms with Crippen LogP contribution in [-0.4, -0.2) is 4.98 Å². The first-order valence-corrected chi connectivity index (χ1v) is 5.87. The molecule has 0 amide bonds. The normalized spacial score (nSPS) is 16.9. The molecule has 1 aliphatic rings. The number of fused-ring (bicyclic) bond motifs is 1. The molecule has 1 aromatic heterocycles. The van der Waals surface area contributed by atoms with Crippen molar-refractivity contribution >= 4 is 0 Å². The zero-order chi connectivity index (χ0) is 9.80. The summed E-state index contributed by atoms with van der Waals surface area (Å²) in [6.07, 6.45) is 11.1. The van der Waals surface area contributed by atoms with Crippen LogP contribution in [-0.2, 0) is 19.3 Å². The third-order valence-corrected chi connectivity index (χ3v) is 3.20. The number of nitrogens with zero attached hydrogens (tertiary/aromatic N) is 1.